The highest BCUT2D eigenvalue weighted by molar-refractivity contribution is 5.86. The third-order valence-electron chi connectivity index (χ3n) is 4.26. The standard InChI is InChI=1S/C17H23N3O/c1-19-10-8-14(9-11-19)13-20(2)17(21)16(12-18)15-6-4-3-5-7-15/h3-7,14,16H,8-11,13H2,1-2H3. The second-order valence-corrected chi connectivity index (χ2v) is 5.94. The lowest BCUT2D eigenvalue weighted by Crippen LogP contribution is -2.39. The Balaban J connectivity index is 1.96. The van der Waals surface area contributed by atoms with Crippen LogP contribution in [0, 0.1) is 17.2 Å². The largest absolute Gasteiger partial charge is 0.344 e. The van der Waals surface area contributed by atoms with Crippen LogP contribution in [0.15, 0.2) is 30.3 Å². The number of carbonyl (C=O) groups excluding carboxylic acids is 1. The molecule has 1 unspecified atom stereocenters. The van der Waals surface area contributed by atoms with Crippen LogP contribution in [0.5, 0.6) is 0 Å². The van der Waals surface area contributed by atoms with E-state index in [2.05, 4.69) is 18.0 Å². The van der Waals surface area contributed by atoms with E-state index in [-0.39, 0.29) is 5.91 Å². The highest BCUT2D eigenvalue weighted by Gasteiger charge is 2.26. The molecule has 1 aliphatic rings. The minimum Gasteiger partial charge on any atom is -0.344 e. The Hall–Kier alpha value is -1.86. The molecule has 1 aromatic carbocycles. The van der Waals surface area contributed by atoms with Crippen LogP contribution in [0.2, 0.25) is 0 Å². The SMILES string of the molecule is CN1CCC(CN(C)C(=O)C(C#N)c2ccccc2)CC1. The Morgan fingerprint density at radius 2 is 2.00 bits per heavy atom. The fourth-order valence-corrected chi connectivity index (χ4v) is 2.86. The van der Waals surface area contributed by atoms with Crippen LogP contribution in [0.3, 0.4) is 0 Å². The Morgan fingerprint density at radius 3 is 2.57 bits per heavy atom. The molecule has 0 radical (unpaired) electrons. The Bertz CT molecular complexity index is 501. The molecule has 4 heteroatoms. The van der Waals surface area contributed by atoms with Crippen molar-refractivity contribution in [2.24, 2.45) is 5.92 Å². The number of nitrogens with zero attached hydrogens (tertiary/aromatic N) is 3. The second kappa shape index (κ2) is 7.24. The summed E-state index contributed by atoms with van der Waals surface area (Å²) in [6, 6.07) is 11.5. The third-order valence-corrected chi connectivity index (χ3v) is 4.26. The molecule has 21 heavy (non-hydrogen) atoms. The van der Waals surface area contributed by atoms with Gasteiger partial charge in [-0.2, -0.15) is 5.26 Å². The van der Waals surface area contributed by atoms with Crippen molar-refractivity contribution in [3.63, 3.8) is 0 Å². The van der Waals surface area contributed by atoms with Gasteiger partial charge in [-0.1, -0.05) is 30.3 Å². The summed E-state index contributed by atoms with van der Waals surface area (Å²) in [5, 5.41) is 9.34. The average Bonchev–Trinajstić information content (AvgIpc) is 2.51. The van der Waals surface area contributed by atoms with Crippen LogP contribution >= 0.6 is 0 Å². The predicted molar refractivity (Wildman–Crippen MR) is 82.7 cm³/mol. The Kier molecular flexibility index (Phi) is 5.35. The van der Waals surface area contributed by atoms with E-state index < -0.39 is 5.92 Å². The van der Waals surface area contributed by atoms with Gasteiger partial charge in [0.2, 0.25) is 5.91 Å². The van der Waals surface area contributed by atoms with Crippen molar-refractivity contribution in [2.45, 2.75) is 18.8 Å². The van der Waals surface area contributed by atoms with Crippen LogP contribution in [-0.2, 0) is 4.79 Å². The van der Waals surface area contributed by atoms with E-state index in [4.69, 9.17) is 0 Å². The number of hydrogen-bond acceptors (Lipinski definition) is 3. The van der Waals surface area contributed by atoms with Gasteiger partial charge in [-0.25, -0.2) is 0 Å². The summed E-state index contributed by atoms with van der Waals surface area (Å²) in [4.78, 5) is 16.6. The molecule has 1 atom stereocenters. The van der Waals surface area contributed by atoms with Gasteiger partial charge in [0, 0.05) is 13.6 Å². The molecule has 0 N–H and O–H groups in total. The van der Waals surface area contributed by atoms with Gasteiger partial charge in [-0.05, 0) is 44.5 Å². The normalized spacial score (nSPS) is 18.0. The average molecular weight is 285 g/mol. The minimum atomic E-state index is -0.692. The highest BCUT2D eigenvalue weighted by Crippen LogP contribution is 2.21. The first-order valence-corrected chi connectivity index (χ1v) is 7.50. The molecule has 1 saturated heterocycles. The van der Waals surface area contributed by atoms with E-state index in [9.17, 15) is 10.1 Å². The molecule has 0 spiro atoms. The van der Waals surface area contributed by atoms with Gasteiger partial charge in [0.05, 0.1) is 6.07 Å². The predicted octanol–water partition coefficient (Wildman–Crippen LogP) is 2.09. The molecule has 0 bridgehead atoms. The van der Waals surface area contributed by atoms with Crippen molar-refractivity contribution < 1.29 is 4.79 Å². The summed E-state index contributed by atoms with van der Waals surface area (Å²) in [6.45, 7) is 2.93. The van der Waals surface area contributed by atoms with E-state index >= 15 is 0 Å². The first-order valence-electron chi connectivity index (χ1n) is 7.50. The zero-order chi connectivity index (χ0) is 15.2. The summed E-state index contributed by atoms with van der Waals surface area (Å²) in [6.07, 6.45) is 2.24. The summed E-state index contributed by atoms with van der Waals surface area (Å²) >= 11 is 0. The van der Waals surface area contributed by atoms with Crippen molar-refractivity contribution in [1.82, 2.24) is 9.80 Å². The van der Waals surface area contributed by atoms with Crippen LogP contribution in [0.25, 0.3) is 0 Å². The molecule has 0 aliphatic carbocycles. The van der Waals surface area contributed by atoms with Gasteiger partial charge in [0.15, 0.2) is 0 Å². The smallest absolute Gasteiger partial charge is 0.244 e. The fourth-order valence-electron chi connectivity index (χ4n) is 2.86. The lowest BCUT2D eigenvalue weighted by Gasteiger charge is -2.32. The van der Waals surface area contributed by atoms with E-state index in [0.717, 1.165) is 38.0 Å². The minimum absolute atomic E-state index is 0.0948. The maximum absolute atomic E-state index is 12.5. The number of rotatable bonds is 4. The first kappa shape index (κ1) is 15.5. The zero-order valence-electron chi connectivity index (χ0n) is 12.8. The molecule has 0 saturated carbocycles. The molecule has 2 rings (SSSR count). The fraction of sp³-hybridized carbons (Fsp3) is 0.529. The molecule has 112 valence electrons. The van der Waals surface area contributed by atoms with Gasteiger partial charge in [-0.3, -0.25) is 4.79 Å². The number of amides is 1. The third kappa shape index (κ3) is 4.05. The molecular formula is C17H23N3O. The molecule has 1 amide bonds. The molecule has 1 aliphatic heterocycles. The maximum atomic E-state index is 12.5. The quantitative estimate of drug-likeness (QED) is 0.851. The van der Waals surface area contributed by atoms with Crippen LogP contribution < -0.4 is 0 Å². The molecule has 0 aromatic heterocycles. The van der Waals surface area contributed by atoms with Crippen molar-refractivity contribution in [3.05, 3.63) is 35.9 Å². The van der Waals surface area contributed by atoms with Crippen LogP contribution in [-0.4, -0.2) is 49.4 Å². The van der Waals surface area contributed by atoms with E-state index in [1.54, 1.807) is 4.90 Å². The first-order chi connectivity index (χ1) is 10.1. The van der Waals surface area contributed by atoms with Gasteiger partial charge in [-0.15, -0.1) is 0 Å². The summed E-state index contributed by atoms with van der Waals surface area (Å²) < 4.78 is 0. The number of benzene rings is 1. The summed E-state index contributed by atoms with van der Waals surface area (Å²) in [7, 11) is 3.94. The Labute approximate surface area is 127 Å². The number of nitriles is 1. The van der Waals surface area contributed by atoms with Gasteiger partial charge in [0.1, 0.15) is 5.92 Å². The second-order valence-electron chi connectivity index (χ2n) is 5.94. The highest BCUT2D eigenvalue weighted by atomic mass is 16.2. The van der Waals surface area contributed by atoms with E-state index in [1.807, 2.05) is 37.4 Å². The lowest BCUT2D eigenvalue weighted by molar-refractivity contribution is -0.131. The Morgan fingerprint density at radius 1 is 1.38 bits per heavy atom. The zero-order valence-corrected chi connectivity index (χ0v) is 12.8. The van der Waals surface area contributed by atoms with Crippen molar-refractivity contribution in [2.75, 3.05) is 33.7 Å². The van der Waals surface area contributed by atoms with Crippen LogP contribution in [0.1, 0.15) is 24.3 Å². The molecule has 1 fully saturated rings. The number of likely N-dealkylation sites (N-methyl/N-ethyl adjacent to an activating group) is 1. The van der Waals surface area contributed by atoms with Crippen molar-refractivity contribution in [3.8, 4) is 6.07 Å². The molecular weight excluding hydrogens is 262 g/mol. The number of likely N-dealkylation sites (tertiary alicyclic amines) is 1. The van der Waals surface area contributed by atoms with Gasteiger partial charge in [0.25, 0.3) is 0 Å². The summed E-state index contributed by atoms with van der Waals surface area (Å²) in [5.41, 5.74) is 0.778. The van der Waals surface area contributed by atoms with E-state index in [1.165, 1.54) is 0 Å². The number of hydrogen-bond donors (Lipinski definition) is 0. The van der Waals surface area contributed by atoms with Gasteiger partial charge < -0.3 is 9.80 Å². The van der Waals surface area contributed by atoms with Crippen LogP contribution in [0.4, 0.5) is 0 Å². The van der Waals surface area contributed by atoms with E-state index in [0.29, 0.717) is 5.92 Å². The number of carbonyl (C=O) groups is 1. The van der Waals surface area contributed by atoms with Crippen molar-refractivity contribution >= 4 is 5.91 Å². The topological polar surface area (TPSA) is 47.3 Å². The lowest BCUT2D eigenvalue weighted by atomic mass is 9.95. The number of piperidine rings is 1. The molecule has 1 aromatic rings. The van der Waals surface area contributed by atoms with Crippen molar-refractivity contribution in [1.29, 1.82) is 5.26 Å². The molecule has 4 nitrogen and oxygen atoms in total. The van der Waals surface area contributed by atoms with Gasteiger partial charge >= 0.3 is 0 Å². The maximum Gasteiger partial charge on any atom is 0.244 e. The monoisotopic (exact) mass is 285 g/mol. The molecule has 1 heterocycles. The summed E-state index contributed by atoms with van der Waals surface area (Å²) in [5.74, 6) is -0.240.